The Morgan fingerprint density at radius 2 is 1.70 bits per heavy atom. The lowest BCUT2D eigenvalue weighted by atomic mass is 9.94. The third-order valence-electron chi connectivity index (χ3n) is 4.64. The van der Waals surface area contributed by atoms with E-state index in [1.807, 2.05) is 0 Å². The number of piperidine rings is 1. The molecule has 1 heterocycles. The van der Waals surface area contributed by atoms with E-state index in [0.717, 1.165) is 18.4 Å². The van der Waals surface area contributed by atoms with E-state index in [1.54, 1.807) is 0 Å². The predicted molar refractivity (Wildman–Crippen MR) is 86.8 cm³/mol. The zero-order valence-electron chi connectivity index (χ0n) is 13.3. The molecule has 20 heavy (non-hydrogen) atoms. The first kappa shape index (κ1) is 15.5. The van der Waals surface area contributed by atoms with Gasteiger partial charge in [-0.1, -0.05) is 38.1 Å². The molecule has 0 spiro atoms. The van der Waals surface area contributed by atoms with Gasteiger partial charge in [0.05, 0.1) is 0 Å². The number of hydrogen-bond donors (Lipinski definition) is 1. The molecule has 1 aliphatic rings. The minimum Gasteiger partial charge on any atom is -0.330 e. The van der Waals surface area contributed by atoms with Crippen LogP contribution in [0.5, 0.6) is 0 Å². The highest BCUT2D eigenvalue weighted by Gasteiger charge is 2.22. The highest BCUT2D eigenvalue weighted by Crippen LogP contribution is 2.26. The van der Waals surface area contributed by atoms with E-state index in [4.69, 9.17) is 5.73 Å². The van der Waals surface area contributed by atoms with Crippen LogP contribution in [0.3, 0.4) is 0 Å². The second-order valence-electron chi connectivity index (χ2n) is 6.73. The summed E-state index contributed by atoms with van der Waals surface area (Å²) in [5.41, 5.74) is 8.68. The van der Waals surface area contributed by atoms with Crippen LogP contribution in [-0.4, -0.2) is 24.5 Å². The molecule has 0 amide bonds. The number of nitrogens with two attached hydrogens (primary N) is 1. The molecule has 2 nitrogen and oxygen atoms in total. The smallest absolute Gasteiger partial charge is 0.0319 e. The number of nitrogens with zero attached hydrogens (tertiary/aromatic N) is 1. The van der Waals surface area contributed by atoms with Crippen molar-refractivity contribution in [1.29, 1.82) is 0 Å². The number of benzene rings is 1. The average molecular weight is 274 g/mol. The number of hydrogen-bond acceptors (Lipinski definition) is 2. The Morgan fingerprint density at radius 1 is 1.10 bits per heavy atom. The topological polar surface area (TPSA) is 29.3 Å². The number of rotatable bonds is 5. The van der Waals surface area contributed by atoms with Gasteiger partial charge >= 0.3 is 0 Å². The first-order valence-electron chi connectivity index (χ1n) is 8.13. The molecule has 0 aliphatic carbocycles. The van der Waals surface area contributed by atoms with Crippen LogP contribution in [0, 0.1) is 11.8 Å². The van der Waals surface area contributed by atoms with E-state index in [0.29, 0.717) is 6.04 Å². The zero-order chi connectivity index (χ0) is 14.5. The van der Waals surface area contributed by atoms with Crippen LogP contribution in [0.2, 0.25) is 0 Å². The Morgan fingerprint density at radius 3 is 2.20 bits per heavy atom. The van der Waals surface area contributed by atoms with Gasteiger partial charge in [0.2, 0.25) is 0 Å². The van der Waals surface area contributed by atoms with Crippen molar-refractivity contribution in [2.24, 2.45) is 17.6 Å². The monoisotopic (exact) mass is 274 g/mol. The lowest BCUT2D eigenvalue weighted by Gasteiger charge is -2.36. The van der Waals surface area contributed by atoms with Crippen LogP contribution in [0.1, 0.15) is 50.8 Å². The van der Waals surface area contributed by atoms with Crippen molar-refractivity contribution in [3.63, 3.8) is 0 Å². The molecular formula is C18H30N2. The normalized spacial score (nSPS) is 19.4. The Balaban J connectivity index is 1.94. The van der Waals surface area contributed by atoms with Gasteiger partial charge < -0.3 is 5.73 Å². The molecule has 1 unspecified atom stereocenters. The Hall–Kier alpha value is -0.860. The second kappa shape index (κ2) is 7.24. The Bertz CT molecular complexity index is 388. The van der Waals surface area contributed by atoms with Crippen LogP contribution < -0.4 is 5.73 Å². The van der Waals surface area contributed by atoms with Crippen LogP contribution in [-0.2, 0) is 6.42 Å². The van der Waals surface area contributed by atoms with Gasteiger partial charge in [0.25, 0.3) is 0 Å². The molecule has 1 saturated heterocycles. The fourth-order valence-corrected chi connectivity index (χ4v) is 3.19. The number of likely N-dealkylation sites (tertiary alicyclic amines) is 1. The van der Waals surface area contributed by atoms with Gasteiger partial charge in [0, 0.05) is 6.04 Å². The van der Waals surface area contributed by atoms with Gasteiger partial charge in [-0.25, -0.2) is 0 Å². The fraction of sp³-hybridized carbons (Fsp3) is 0.667. The first-order valence-corrected chi connectivity index (χ1v) is 8.13. The molecular weight excluding hydrogens is 244 g/mol. The molecule has 2 rings (SSSR count). The summed E-state index contributed by atoms with van der Waals surface area (Å²) in [6, 6.07) is 9.77. The summed E-state index contributed by atoms with van der Waals surface area (Å²) in [4.78, 5) is 2.60. The SMILES string of the molecule is CC(C)Cc1ccc(C(C)N2CCC(CN)CC2)cc1. The van der Waals surface area contributed by atoms with E-state index in [9.17, 15) is 0 Å². The summed E-state index contributed by atoms with van der Waals surface area (Å²) in [5.74, 6) is 1.47. The highest BCUT2D eigenvalue weighted by atomic mass is 15.2. The fourth-order valence-electron chi connectivity index (χ4n) is 3.19. The van der Waals surface area contributed by atoms with E-state index >= 15 is 0 Å². The van der Waals surface area contributed by atoms with Gasteiger partial charge in [-0.05, 0) is 68.8 Å². The van der Waals surface area contributed by atoms with Crippen molar-refractivity contribution in [1.82, 2.24) is 4.90 Å². The summed E-state index contributed by atoms with van der Waals surface area (Å²) in [6.45, 7) is 10.1. The zero-order valence-corrected chi connectivity index (χ0v) is 13.3. The Labute approximate surface area is 124 Å². The van der Waals surface area contributed by atoms with E-state index in [-0.39, 0.29) is 0 Å². The van der Waals surface area contributed by atoms with Crippen molar-refractivity contribution >= 4 is 0 Å². The van der Waals surface area contributed by atoms with Crippen LogP contribution in [0.25, 0.3) is 0 Å². The molecule has 1 fully saturated rings. The first-order chi connectivity index (χ1) is 9.60. The molecule has 2 heteroatoms. The molecule has 0 saturated carbocycles. The molecule has 1 aliphatic heterocycles. The maximum absolute atomic E-state index is 5.77. The average Bonchev–Trinajstić information content (AvgIpc) is 2.47. The van der Waals surface area contributed by atoms with Crippen molar-refractivity contribution in [2.45, 2.75) is 46.1 Å². The van der Waals surface area contributed by atoms with E-state index in [2.05, 4.69) is 49.9 Å². The van der Waals surface area contributed by atoms with Gasteiger partial charge in [0.1, 0.15) is 0 Å². The van der Waals surface area contributed by atoms with Crippen molar-refractivity contribution in [3.05, 3.63) is 35.4 Å². The lowest BCUT2D eigenvalue weighted by Crippen LogP contribution is -2.37. The molecule has 0 bridgehead atoms. The summed E-state index contributed by atoms with van der Waals surface area (Å²) >= 11 is 0. The maximum atomic E-state index is 5.77. The lowest BCUT2D eigenvalue weighted by molar-refractivity contribution is 0.143. The second-order valence-corrected chi connectivity index (χ2v) is 6.73. The molecule has 2 N–H and O–H groups in total. The quantitative estimate of drug-likeness (QED) is 0.888. The standard InChI is InChI=1S/C18H30N2/c1-14(2)12-16-4-6-18(7-5-16)15(3)20-10-8-17(13-19)9-11-20/h4-7,14-15,17H,8-13,19H2,1-3H3. The molecule has 1 aromatic rings. The van der Waals surface area contributed by atoms with Gasteiger partial charge in [-0.2, -0.15) is 0 Å². The minimum atomic E-state index is 0.529. The highest BCUT2D eigenvalue weighted by molar-refractivity contribution is 5.25. The van der Waals surface area contributed by atoms with Crippen LogP contribution in [0.4, 0.5) is 0 Å². The molecule has 0 radical (unpaired) electrons. The summed E-state index contributed by atoms with van der Waals surface area (Å²) in [7, 11) is 0. The van der Waals surface area contributed by atoms with E-state index in [1.165, 1.54) is 43.5 Å². The molecule has 112 valence electrons. The maximum Gasteiger partial charge on any atom is 0.0319 e. The van der Waals surface area contributed by atoms with Crippen molar-refractivity contribution in [2.75, 3.05) is 19.6 Å². The summed E-state index contributed by atoms with van der Waals surface area (Å²) < 4.78 is 0. The molecule has 0 aromatic heterocycles. The third kappa shape index (κ3) is 4.07. The van der Waals surface area contributed by atoms with Crippen LogP contribution >= 0.6 is 0 Å². The van der Waals surface area contributed by atoms with Gasteiger partial charge in [-0.15, -0.1) is 0 Å². The largest absolute Gasteiger partial charge is 0.330 e. The third-order valence-corrected chi connectivity index (χ3v) is 4.64. The van der Waals surface area contributed by atoms with Crippen molar-refractivity contribution in [3.8, 4) is 0 Å². The van der Waals surface area contributed by atoms with Crippen molar-refractivity contribution < 1.29 is 0 Å². The molecule has 1 atom stereocenters. The Kier molecular flexibility index (Phi) is 5.62. The summed E-state index contributed by atoms with van der Waals surface area (Å²) in [6.07, 6.45) is 3.69. The van der Waals surface area contributed by atoms with Gasteiger partial charge in [0.15, 0.2) is 0 Å². The molecule has 1 aromatic carbocycles. The van der Waals surface area contributed by atoms with Crippen LogP contribution in [0.15, 0.2) is 24.3 Å². The summed E-state index contributed by atoms with van der Waals surface area (Å²) in [5, 5.41) is 0. The van der Waals surface area contributed by atoms with Gasteiger partial charge in [-0.3, -0.25) is 4.90 Å². The minimum absolute atomic E-state index is 0.529. The predicted octanol–water partition coefficient (Wildman–Crippen LogP) is 3.62. The van der Waals surface area contributed by atoms with E-state index < -0.39 is 0 Å².